The smallest absolute Gasteiger partial charge is 0.254 e. The molecule has 1 amide bonds. The first-order valence-electron chi connectivity index (χ1n) is 10.2. The number of rotatable bonds is 6. The molecular formula is C24H21N5O2S. The van der Waals surface area contributed by atoms with Crippen molar-refractivity contribution < 1.29 is 9.21 Å². The Bertz CT molecular complexity index is 1370. The van der Waals surface area contributed by atoms with Gasteiger partial charge in [0, 0.05) is 29.9 Å². The van der Waals surface area contributed by atoms with Crippen molar-refractivity contribution in [2.45, 2.75) is 20.0 Å². The zero-order valence-corrected chi connectivity index (χ0v) is 18.5. The van der Waals surface area contributed by atoms with Crippen molar-refractivity contribution in [3.63, 3.8) is 0 Å². The van der Waals surface area contributed by atoms with Gasteiger partial charge < -0.3 is 9.32 Å². The maximum atomic E-state index is 13.5. The van der Waals surface area contributed by atoms with E-state index in [4.69, 9.17) is 9.40 Å². The fourth-order valence-electron chi connectivity index (χ4n) is 3.61. The number of fused-ring (bicyclic) bond motifs is 1. The molecule has 5 aromatic rings. The van der Waals surface area contributed by atoms with Crippen LogP contribution < -0.4 is 0 Å². The second-order valence-electron chi connectivity index (χ2n) is 7.60. The van der Waals surface area contributed by atoms with Crippen molar-refractivity contribution in [3.05, 3.63) is 88.4 Å². The summed E-state index contributed by atoms with van der Waals surface area (Å²) in [6.45, 7) is 3.04. The van der Waals surface area contributed by atoms with Crippen molar-refractivity contribution in [3.8, 4) is 11.3 Å². The van der Waals surface area contributed by atoms with Gasteiger partial charge in [-0.25, -0.2) is 9.67 Å². The van der Waals surface area contributed by atoms with Crippen LogP contribution in [0.4, 0.5) is 0 Å². The van der Waals surface area contributed by atoms with Gasteiger partial charge in [0.1, 0.15) is 12.3 Å². The second kappa shape index (κ2) is 8.39. The van der Waals surface area contributed by atoms with E-state index in [9.17, 15) is 4.79 Å². The summed E-state index contributed by atoms with van der Waals surface area (Å²) in [5.74, 6) is 0.689. The van der Waals surface area contributed by atoms with Crippen LogP contribution in [0.15, 0.2) is 71.0 Å². The van der Waals surface area contributed by atoms with Crippen molar-refractivity contribution in [2.24, 2.45) is 0 Å². The Kier molecular flexibility index (Phi) is 5.28. The van der Waals surface area contributed by atoms with Crippen LogP contribution in [0.3, 0.4) is 0 Å². The fraction of sp³-hybridized carbons (Fsp3) is 0.167. The Hall–Kier alpha value is -3.78. The summed E-state index contributed by atoms with van der Waals surface area (Å²) in [6.07, 6.45) is 6.79. The quantitative estimate of drug-likeness (QED) is 0.378. The first-order chi connectivity index (χ1) is 15.6. The molecule has 0 saturated carbocycles. The van der Waals surface area contributed by atoms with E-state index >= 15 is 0 Å². The molecule has 5 heterocycles. The highest BCUT2D eigenvalue weighted by Gasteiger charge is 2.21. The molecule has 160 valence electrons. The molecule has 0 atom stereocenters. The third-order valence-corrected chi connectivity index (χ3v) is 6.39. The van der Waals surface area contributed by atoms with Crippen LogP contribution in [0.25, 0.3) is 22.3 Å². The molecule has 0 aliphatic heterocycles. The molecule has 0 fully saturated rings. The van der Waals surface area contributed by atoms with E-state index in [-0.39, 0.29) is 5.91 Å². The first kappa shape index (κ1) is 20.1. The average Bonchev–Trinajstić information content (AvgIpc) is 3.56. The number of hydrogen-bond acceptors (Lipinski definition) is 6. The third-order valence-electron chi connectivity index (χ3n) is 5.38. The van der Waals surface area contributed by atoms with Gasteiger partial charge >= 0.3 is 0 Å². The summed E-state index contributed by atoms with van der Waals surface area (Å²) in [4.78, 5) is 25.5. The van der Waals surface area contributed by atoms with Crippen LogP contribution in [-0.2, 0) is 13.1 Å². The number of pyridine rings is 2. The van der Waals surface area contributed by atoms with Crippen LogP contribution in [0, 0.1) is 6.92 Å². The number of hydrogen-bond donors (Lipinski definition) is 0. The van der Waals surface area contributed by atoms with Gasteiger partial charge in [0.25, 0.3) is 5.91 Å². The summed E-state index contributed by atoms with van der Waals surface area (Å²) >= 11 is 1.66. The number of carbonyl (C=O) groups excluding carboxylic acids is 1. The molecule has 5 rings (SSSR count). The van der Waals surface area contributed by atoms with Gasteiger partial charge in [-0.2, -0.15) is 5.10 Å². The Labute approximate surface area is 189 Å². The third kappa shape index (κ3) is 3.80. The lowest BCUT2D eigenvalue weighted by molar-refractivity contribution is 0.0788. The van der Waals surface area contributed by atoms with E-state index in [0.29, 0.717) is 35.4 Å². The maximum Gasteiger partial charge on any atom is 0.254 e. The molecule has 0 spiro atoms. The fourth-order valence-corrected chi connectivity index (χ4v) is 4.57. The van der Waals surface area contributed by atoms with Crippen molar-refractivity contribution in [1.82, 2.24) is 24.6 Å². The van der Waals surface area contributed by atoms with Gasteiger partial charge in [-0.05, 0) is 54.3 Å². The number of aromatic nitrogens is 4. The van der Waals surface area contributed by atoms with Crippen LogP contribution in [0.5, 0.6) is 0 Å². The van der Waals surface area contributed by atoms with Gasteiger partial charge in [0.2, 0.25) is 0 Å². The molecule has 0 aromatic carbocycles. The van der Waals surface area contributed by atoms with Gasteiger partial charge in [0.15, 0.2) is 5.65 Å². The van der Waals surface area contributed by atoms with Gasteiger partial charge in [-0.15, -0.1) is 11.3 Å². The monoisotopic (exact) mass is 443 g/mol. The molecule has 7 nitrogen and oxygen atoms in total. The lowest BCUT2D eigenvalue weighted by atomic mass is 10.1. The number of aryl methyl sites for hydroxylation is 1. The van der Waals surface area contributed by atoms with E-state index < -0.39 is 0 Å². The molecule has 0 radical (unpaired) electrons. The van der Waals surface area contributed by atoms with E-state index in [1.54, 1.807) is 45.8 Å². The van der Waals surface area contributed by atoms with Crippen LogP contribution in [0.2, 0.25) is 0 Å². The zero-order chi connectivity index (χ0) is 22.1. The Morgan fingerprint density at radius 1 is 1.22 bits per heavy atom. The van der Waals surface area contributed by atoms with Crippen LogP contribution in [0.1, 0.15) is 26.6 Å². The molecule has 0 bridgehead atoms. The molecule has 32 heavy (non-hydrogen) atoms. The zero-order valence-electron chi connectivity index (χ0n) is 17.7. The summed E-state index contributed by atoms with van der Waals surface area (Å²) < 4.78 is 7.24. The van der Waals surface area contributed by atoms with Crippen molar-refractivity contribution >= 4 is 28.3 Å². The SMILES string of the molecule is Cc1ccsc1CN(C)C(=O)c1cc(-c2cccnc2)nc2c1cnn2Cc1ccco1. The first-order valence-corrected chi connectivity index (χ1v) is 11.1. The molecule has 0 unspecified atom stereocenters. The topological polar surface area (TPSA) is 77.1 Å². The Balaban J connectivity index is 1.59. The van der Waals surface area contributed by atoms with Gasteiger partial charge in [0.05, 0.1) is 35.6 Å². The van der Waals surface area contributed by atoms with Crippen LogP contribution >= 0.6 is 11.3 Å². The highest BCUT2D eigenvalue weighted by molar-refractivity contribution is 7.10. The molecule has 8 heteroatoms. The number of furan rings is 1. The predicted octanol–water partition coefficient (Wildman–Crippen LogP) is 4.78. The molecule has 0 aliphatic rings. The van der Waals surface area contributed by atoms with Gasteiger partial charge in [-0.1, -0.05) is 0 Å². The number of thiophene rings is 1. The largest absolute Gasteiger partial charge is 0.467 e. The normalized spacial score (nSPS) is 11.2. The minimum Gasteiger partial charge on any atom is -0.467 e. The number of amides is 1. The lowest BCUT2D eigenvalue weighted by Crippen LogP contribution is -2.26. The maximum absolute atomic E-state index is 13.5. The van der Waals surface area contributed by atoms with E-state index in [1.165, 1.54) is 10.4 Å². The standard InChI is InChI=1S/C24H21N5O2S/c1-16-7-10-32-22(16)15-28(2)24(30)19-11-21(17-5-3-8-25-12-17)27-23-20(19)13-26-29(23)14-18-6-4-9-31-18/h3-13H,14-15H2,1-2H3. The van der Waals surface area contributed by atoms with E-state index in [1.807, 2.05) is 42.8 Å². The van der Waals surface area contributed by atoms with Crippen LogP contribution in [-0.4, -0.2) is 37.6 Å². The van der Waals surface area contributed by atoms with E-state index in [0.717, 1.165) is 11.3 Å². The highest BCUT2D eigenvalue weighted by Crippen LogP contribution is 2.27. The number of nitrogens with zero attached hydrogens (tertiary/aromatic N) is 5. The Morgan fingerprint density at radius 2 is 2.12 bits per heavy atom. The highest BCUT2D eigenvalue weighted by atomic mass is 32.1. The minimum atomic E-state index is -0.0760. The predicted molar refractivity (Wildman–Crippen MR) is 123 cm³/mol. The summed E-state index contributed by atoms with van der Waals surface area (Å²) in [5, 5.41) is 7.27. The minimum absolute atomic E-state index is 0.0760. The molecule has 0 aliphatic carbocycles. The average molecular weight is 444 g/mol. The van der Waals surface area contributed by atoms with Crippen molar-refractivity contribution in [2.75, 3.05) is 7.05 Å². The Morgan fingerprint density at radius 3 is 2.84 bits per heavy atom. The molecule has 0 saturated heterocycles. The van der Waals surface area contributed by atoms with Crippen molar-refractivity contribution in [1.29, 1.82) is 0 Å². The van der Waals surface area contributed by atoms with E-state index in [2.05, 4.69) is 23.1 Å². The lowest BCUT2D eigenvalue weighted by Gasteiger charge is -2.18. The molecular weight excluding hydrogens is 422 g/mol. The summed E-state index contributed by atoms with van der Waals surface area (Å²) in [5.41, 5.74) is 3.90. The molecule has 5 aromatic heterocycles. The summed E-state index contributed by atoms with van der Waals surface area (Å²) in [7, 11) is 1.82. The summed E-state index contributed by atoms with van der Waals surface area (Å²) in [6, 6.07) is 11.4. The second-order valence-corrected chi connectivity index (χ2v) is 8.60. The number of carbonyl (C=O) groups is 1. The van der Waals surface area contributed by atoms with Gasteiger partial charge in [-0.3, -0.25) is 9.78 Å². The molecule has 0 N–H and O–H groups in total.